The van der Waals surface area contributed by atoms with Gasteiger partial charge in [-0.25, -0.2) is 0 Å². The zero-order valence-corrected chi connectivity index (χ0v) is 7.19. The number of carbonyl (C=O) groups excluding carboxylic acids is 2. The molecule has 66 valence electrons. The standard InChI is InChI=1S/C11H10O2/c12-8-4-7-11(9-13)10-5-2-1-3-6-10/h1-3,5-6,11H,4,7H2. The molecule has 1 atom stereocenters. The van der Waals surface area contributed by atoms with Gasteiger partial charge in [-0.2, -0.15) is 0 Å². The Bertz CT molecular complexity index is 267. The van der Waals surface area contributed by atoms with E-state index < -0.39 is 0 Å². The summed E-state index contributed by atoms with van der Waals surface area (Å²) in [6, 6.07) is 9.34. The molecule has 0 spiro atoms. The zero-order chi connectivity index (χ0) is 9.52. The maximum Gasteiger partial charge on any atom is 0.206 e. The predicted octanol–water partition coefficient (Wildman–Crippen LogP) is 1.77. The molecule has 0 saturated heterocycles. The van der Waals surface area contributed by atoms with Gasteiger partial charge in [0.05, 0.1) is 5.92 Å². The minimum absolute atomic E-state index is 0.287. The van der Waals surface area contributed by atoms with Gasteiger partial charge in [-0.3, -0.25) is 9.59 Å². The molecule has 0 aliphatic heterocycles. The molecule has 0 amide bonds. The van der Waals surface area contributed by atoms with Crippen LogP contribution in [0.4, 0.5) is 0 Å². The highest BCUT2D eigenvalue weighted by Crippen LogP contribution is 2.17. The second-order valence-electron chi connectivity index (χ2n) is 2.76. The summed E-state index contributed by atoms with van der Waals surface area (Å²) in [5, 5.41) is 0. The van der Waals surface area contributed by atoms with Crippen molar-refractivity contribution in [2.45, 2.75) is 18.8 Å². The van der Waals surface area contributed by atoms with Crippen LogP contribution in [0.1, 0.15) is 24.3 Å². The van der Waals surface area contributed by atoms with E-state index >= 15 is 0 Å². The lowest BCUT2D eigenvalue weighted by atomic mass is 9.96. The summed E-state index contributed by atoms with van der Waals surface area (Å²) in [6.45, 7) is 0. The molecule has 0 aliphatic rings. The van der Waals surface area contributed by atoms with Gasteiger partial charge in [0.1, 0.15) is 0 Å². The summed E-state index contributed by atoms with van der Waals surface area (Å²) in [7, 11) is 0. The fourth-order valence-corrected chi connectivity index (χ4v) is 1.18. The third-order valence-electron chi connectivity index (χ3n) is 1.88. The van der Waals surface area contributed by atoms with E-state index in [0.717, 1.165) is 5.56 Å². The van der Waals surface area contributed by atoms with Crippen molar-refractivity contribution in [3.8, 4) is 0 Å². The Kier molecular flexibility index (Phi) is 3.89. The summed E-state index contributed by atoms with van der Waals surface area (Å²) < 4.78 is 0. The second kappa shape index (κ2) is 5.25. The van der Waals surface area contributed by atoms with E-state index in [2.05, 4.69) is 0 Å². The third-order valence-corrected chi connectivity index (χ3v) is 1.88. The van der Waals surface area contributed by atoms with E-state index in [0.29, 0.717) is 6.42 Å². The summed E-state index contributed by atoms with van der Waals surface area (Å²) in [5.41, 5.74) is 0.910. The molecule has 1 unspecified atom stereocenters. The molecule has 0 heterocycles. The quantitative estimate of drug-likeness (QED) is 0.681. The zero-order valence-electron chi connectivity index (χ0n) is 7.19. The van der Waals surface area contributed by atoms with Crippen LogP contribution in [0.3, 0.4) is 0 Å². The lowest BCUT2D eigenvalue weighted by molar-refractivity contribution is 0.530. The number of hydrogen-bond acceptors (Lipinski definition) is 2. The van der Waals surface area contributed by atoms with Gasteiger partial charge in [-0.05, 0) is 12.0 Å². The molecule has 1 aromatic rings. The molecule has 2 nitrogen and oxygen atoms in total. The van der Waals surface area contributed by atoms with Crippen molar-refractivity contribution in [3.63, 3.8) is 0 Å². The topological polar surface area (TPSA) is 34.1 Å². The lowest BCUT2D eigenvalue weighted by Gasteiger charge is -2.06. The molecular weight excluding hydrogens is 164 g/mol. The molecule has 2 heteroatoms. The van der Waals surface area contributed by atoms with Crippen LogP contribution in [-0.4, -0.2) is 12.6 Å². The van der Waals surface area contributed by atoms with Gasteiger partial charge in [-0.15, -0.1) is 0 Å². The highest BCUT2D eigenvalue weighted by atomic mass is 16.1. The van der Waals surface area contributed by atoms with Crippen LogP contribution in [0.15, 0.2) is 30.3 Å². The van der Waals surface area contributed by atoms with Gasteiger partial charge in [0.15, 0.2) is 6.29 Å². The molecule has 2 radical (unpaired) electrons. The average Bonchev–Trinajstić information content (AvgIpc) is 2.21. The normalized spacial score (nSPS) is 12.0. The minimum Gasteiger partial charge on any atom is -0.291 e. The van der Waals surface area contributed by atoms with Crippen molar-refractivity contribution in [2.24, 2.45) is 0 Å². The largest absolute Gasteiger partial charge is 0.291 e. The predicted molar refractivity (Wildman–Crippen MR) is 49.8 cm³/mol. The minimum atomic E-state index is -0.289. The third kappa shape index (κ3) is 2.82. The van der Waals surface area contributed by atoms with Gasteiger partial charge in [0.25, 0.3) is 0 Å². The first-order chi connectivity index (χ1) is 6.38. The molecule has 0 N–H and O–H groups in total. The summed E-state index contributed by atoms with van der Waals surface area (Å²) in [6.07, 6.45) is 4.48. The Morgan fingerprint density at radius 2 is 1.85 bits per heavy atom. The van der Waals surface area contributed by atoms with E-state index in [-0.39, 0.29) is 12.3 Å². The van der Waals surface area contributed by atoms with Crippen molar-refractivity contribution < 1.29 is 9.59 Å². The number of hydrogen-bond donors (Lipinski definition) is 0. The Balaban J connectivity index is 2.66. The first kappa shape index (κ1) is 9.65. The molecule has 0 fully saturated rings. The van der Waals surface area contributed by atoms with Gasteiger partial charge < -0.3 is 0 Å². The van der Waals surface area contributed by atoms with Gasteiger partial charge >= 0.3 is 0 Å². The summed E-state index contributed by atoms with van der Waals surface area (Å²) in [4.78, 5) is 20.6. The first-order valence-corrected chi connectivity index (χ1v) is 4.16. The summed E-state index contributed by atoms with van der Waals surface area (Å²) >= 11 is 0. The van der Waals surface area contributed by atoms with Crippen LogP contribution in [0, 0.1) is 0 Å². The molecule has 0 bridgehead atoms. The van der Waals surface area contributed by atoms with E-state index in [4.69, 9.17) is 0 Å². The summed E-state index contributed by atoms with van der Waals surface area (Å²) in [5.74, 6) is -0.289. The first-order valence-electron chi connectivity index (χ1n) is 4.16. The van der Waals surface area contributed by atoms with Crippen LogP contribution in [-0.2, 0) is 9.59 Å². The molecule has 0 saturated carbocycles. The monoisotopic (exact) mass is 174 g/mol. The van der Waals surface area contributed by atoms with Crippen molar-refractivity contribution in [1.82, 2.24) is 0 Å². The fraction of sp³-hybridized carbons (Fsp3) is 0.273. The van der Waals surface area contributed by atoms with E-state index in [9.17, 15) is 9.59 Å². The Morgan fingerprint density at radius 1 is 1.15 bits per heavy atom. The van der Waals surface area contributed by atoms with Crippen molar-refractivity contribution in [3.05, 3.63) is 35.9 Å². The highest BCUT2D eigenvalue weighted by Gasteiger charge is 2.09. The SMILES string of the molecule is O=[C]CCC([C]=O)c1ccccc1. The van der Waals surface area contributed by atoms with Crippen LogP contribution in [0.5, 0.6) is 0 Å². The maximum absolute atomic E-state index is 10.6. The van der Waals surface area contributed by atoms with Crippen molar-refractivity contribution >= 4 is 12.6 Å². The molecule has 1 rings (SSSR count). The lowest BCUT2D eigenvalue weighted by Crippen LogP contribution is -1.99. The number of rotatable bonds is 5. The Morgan fingerprint density at radius 3 is 2.38 bits per heavy atom. The molecule has 1 aromatic carbocycles. The van der Waals surface area contributed by atoms with Gasteiger partial charge in [0.2, 0.25) is 6.29 Å². The number of benzene rings is 1. The van der Waals surface area contributed by atoms with Gasteiger partial charge in [-0.1, -0.05) is 30.3 Å². The molecular formula is C11H10O2. The Labute approximate surface area is 77.6 Å². The maximum atomic E-state index is 10.6. The Hall–Kier alpha value is -1.44. The highest BCUT2D eigenvalue weighted by molar-refractivity contribution is 5.64. The van der Waals surface area contributed by atoms with E-state index in [1.165, 1.54) is 0 Å². The molecule has 0 aromatic heterocycles. The average molecular weight is 174 g/mol. The van der Waals surface area contributed by atoms with Crippen molar-refractivity contribution in [1.29, 1.82) is 0 Å². The van der Waals surface area contributed by atoms with Crippen LogP contribution >= 0.6 is 0 Å². The fourth-order valence-electron chi connectivity index (χ4n) is 1.18. The molecule has 0 aliphatic carbocycles. The molecule has 13 heavy (non-hydrogen) atoms. The van der Waals surface area contributed by atoms with Crippen LogP contribution in [0.25, 0.3) is 0 Å². The van der Waals surface area contributed by atoms with E-state index in [1.807, 2.05) is 36.6 Å². The van der Waals surface area contributed by atoms with Crippen LogP contribution < -0.4 is 0 Å². The van der Waals surface area contributed by atoms with E-state index in [1.54, 1.807) is 6.29 Å². The van der Waals surface area contributed by atoms with Crippen LogP contribution in [0.2, 0.25) is 0 Å². The van der Waals surface area contributed by atoms with Crippen molar-refractivity contribution in [2.75, 3.05) is 0 Å². The smallest absolute Gasteiger partial charge is 0.206 e. The second-order valence-corrected chi connectivity index (χ2v) is 2.76. The van der Waals surface area contributed by atoms with Gasteiger partial charge in [0, 0.05) is 6.42 Å².